The molecular weight excluding hydrogens is 271 g/mol. The summed E-state index contributed by atoms with van der Waals surface area (Å²) in [4.78, 5) is 12.3. The van der Waals surface area contributed by atoms with Crippen LogP contribution in [0.15, 0.2) is 42.5 Å². The summed E-state index contributed by atoms with van der Waals surface area (Å²) < 4.78 is 18.8. The minimum Gasteiger partial charge on any atom is -0.497 e. The van der Waals surface area contributed by atoms with Crippen molar-refractivity contribution in [1.82, 2.24) is 0 Å². The Morgan fingerprint density at radius 2 is 1.95 bits per heavy atom. The molecule has 2 N–H and O–H groups in total. The summed E-state index contributed by atoms with van der Waals surface area (Å²) >= 11 is 0. The maximum absolute atomic E-state index is 13.7. The van der Waals surface area contributed by atoms with E-state index in [-0.39, 0.29) is 11.6 Å². The summed E-state index contributed by atoms with van der Waals surface area (Å²) in [6.07, 6.45) is 0. The first-order valence-corrected chi connectivity index (χ1v) is 6.63. The summed E-state index contributed by atoms with van der Waals surface area (Å²) in [7, 11) is 1.49. The molecule has 0 aromatic heterocycles. The molecule has 0 aliphatic heterocycles. The summed E-state index contributed by atoms with van der Waals surface area (Å²) in [5, 5.41) is 5.67. The molecule has 5 heteroatoms. The van der Waals surface area contributed by atoms with E-state index in [4.69, 9.17) is 4.74 Å². The molecule has 2 rings (SSSR count). The summed E-state index contributed by atoms with van der Waals surface area (Å²) in [6, 6.07) is 11.3. The summed E-state index contributed by atoms with van der Waals surface area (Å²) in [5.74, 6) is -0.407. The molecule has 2 aromatic carbocycles. The first-order valence-electron chi connectivity index (χ1n) is 6.63. The topological polar surface area (TPSA) is 50.4 Å². The number of carbonyl (C=O) groups excluding carboxylic acids is 1. The van der Waals surface area contributed by atoms with Crippen molar-refractivity contribution >= 4 is 17.3 Å². The molecule has 4 nitrogen and oxygen atoms in total. The number of halogens is 1. The third-order valence-electron chi connectivity index (χ3n) is 2.96. The van der Waals surface area contributed by atoms with Crippen LogP contribution >= 0.6 is 0 Å². The van der Waals surface area contributed by atoms with Gasteiger partial charge in [-0.05, 0) is 31.2 Å². The molecule has 0 spiro atoms. The van der Waals surface area contributed by atoms with Crippen molar-refractivity contribution in [3.63, 3.8) is 0 Å². The van der Waals surface area contributed by atoms with Crippen LogP contribution in [0.5, 0.6) is 5.75 Å². The first-order chi connectivity index (χ1) is 10.2. The number of methoxy groups -OCH3 is 1. The van der Waals surface area contributed by atoms with Crippen LogP contribution in [-0.4, -0.2) is 19.6 Å². The monoisotopic (exact) mass is 288 g/mol. The molecule has 0 unspecified atom stereocenters. The van der Waals surface area contributed by atoms with E-state index in [0.29, 0.717) is 23.5 Å². The van der Waals surface area contributed by atoms with Crippen LogP contribution in [0.1, 0.15) is 17.3 Å². The van der Waals surface area contributed by atoms with Gasteiger partial charge in [0.15, 0.2) is 0 Å². The minimum absolute atomic E-state index is 0.0886. The van der Waals surface area contributed by atoms with Crippen LogP contribution in [0.25, 0.3) is 0 Å². The van der Waals surface area contributed by atoms with Gasteiger partial charge in [0.2, 0.25) is 0 Å². The van der Waals surface area contributed by atoms with Crippen molar-refractivity contribution in [3.05, 3.63) is 53.8 Å². The van der Waals surface area contributed by atoms with Gasteiger partial charge in [-0.25, -0.2) is 4.39 Å². The van der Waals surface area contributed by atoms with E-state index in [1.807, 2.05) is 13.0 Å². The van der Waals surface area contributed by atoms with E-state index >= 15 is 0 Å². The Morgan fingerprint density at radius 3 is 2.67 bits per heavy atom. The molecule has 0 fully saturated rings. The average molecular weight is 288 g/mol. The number of hydrogen-bond acceptors (Lipinski definition) is 3. The maximum atomic E-state index is 13.7. The van der Waals surface area contributed by atoms with E-state index < -0.39 is 5.82 Å². The van der Waals surface area contributed by atoms with Crippen molar-refractivity contribution < 1.29 is 13.9 Å². The number of benzene rings is 2. The highest BCUT2D eigenvalue weighted by Crippen LogP contribution is 2.23. The standard InChI is InChI=1S/C16H17FN2O2/c1-3-18-14-7-5-4-6-12(14)16(20)19-15-10-11(21-2)8-9-13(15)17/h4-10,18H,3H2,1-2H3,(H,19,20). The van der Waals surface area contributed by atoms with Gasteiger partial charge in [-0.3, -0.25) is 4.79 Å². The summed E-state index contributed by atoms with van der Waals surface area (Å²) in [5.41, 5.74) is 1.26. The molecule has 0 radical (unpaired) electrons. The molecule has 1 amide bonds. The van der Waals surface area contributed by atoms with Gasteiger partial charge < -0.3 is 15.4 Å². The molecule has 110 valence electrons. The van der Waals surface area contributed by atoms with Gasteiger partial charge in [0, 0.05) is 18.3 Å². The lowest BCUT2D eigenvalue weighted by atomic mass is 10.1. The molecule has 21 heavy (non-hydrogen) atoms. The Kier molecular flexibility index (Phi) is 4.77. The second-order valence-corrected chi connectivity index (χ2v) is 4.38. The number of anilines is 2. The third kappa shape index (κ3) is 3.51. The van der Waals surface area contributed by atoms with Gasteiger partial charge >= 0.3 is 0 Å². The zero-order valence-corrected chi connectivity index (χ0v) is 11.9. The fourth-order valence-electron chi connectivity index (χ4n) is 1.94. The van der Waals surface area contributed by atoms with Gasteiger partial charge in [-0.15, -0.1) is 0 Å². The van der Waals surface area contributed by atoms with Gasteiger partial charge in [-0.1, -0.05) is 12.1 Å². The lowest BCUT2D eigenvalue weighted by Crippen LogP contribution is -2.15. The number of para-hydroxylation sites is 1. The zero-order chi connectivity index (χ0) is 15.2. The van der Waals surface area contributed by atoms with Crippen LogP contribution < -0.4 is 15.4 Å². The minimum atomic E-state index is -0.509. The Balaban J connectivity index is 2.26. The lowest BCUT2D eigenvalue weighted by Gasteiger charge is -2.12. The fourth-order valence-corrected chi connectivity index (χ4v) is 1.94. The SMILES string of the molecule is CCNc1ccccc1C(=O)Nc1cc(OC)ccc1F. The summed E-state index contributed by atoms with van der Waals surface area (Å²) in [6.45, 7) is 2.63. The molecule has 0 saturated heterocycles. The molecule has 0 heterocycles. The Hall–Kier alpha value is -2.56. The first kappa shape index (κ1) is 14.8. The lowest BCUT2D eigenvalue weighted by molar-refractivity contribution is 0.102. The third-order valence-corrected chi connectivity index (χ3v) is 2.96. The smallest absolute Gasteiger partial charge is 0.257 e. The quantitative estimate of drug-likeness (QED) is 0.885. The molecule has 0 saturated carbocycles. The van der Waals surface area contributed by atoms with Crippen molar-refractivity contribution in [2.24, 2.45) is 0 Å². The van der Waals surface area contributed by atoms with E-state index in [1.165, 1.54) is 25.3 Å². The second kappa shape index (κ2) is 6.74. The highest BCUT2D eigenvalue weighted by Gasteiger charge is 2.13. The number of hydrogen-bond donors (Lipinski definition) is 2. The van der Waals surface area contributed by atoms with Crippen molar-refractivity contribution in [2.45, 2.75) is 6.92 Å². The fraction of sp³-hybridized carbons (Fsp3) is 0.188. The van der Waals surface area contributed by atoms with Gasteiger partial charge in [0.05, 0.1) is 18.4 Å². The Labute approximate surface area is 122 Å². The molecule has 0 bridgehead atoms. The van der Waals surface area contributed by atoms with Gasteiger partial charge in [-0.2, -0.15) is 0 Å². The van der Waals surface area contributed by atoms with Crippen molar-refractivity contribution in [3.8, 4) is 5.75 Å². The molecule has 2 aromatic rings. The van der Waals surface area contributed by atoms with E-state index in [9.17, 15) is 9.18 Å². The number of rotatable bonds is 5. The zero-order valence-electron chi connectivity index (χ0n) is 11.9. The normalized spacial score (nSPS) is 10.0. The van der Waals surface area contributed by atoms with Crippen LogP contribution in [0.3, 0.4) is 0 Å². The Morgan fingerprint density at radius 1 is 1.19 bits per heavy atom. The van der Waals surface area contributed by atoms with Crippen molar-refractivity contribution in [1.29, 1.82) is 0 Å². The molecular formula is C16H17FN2O2. The average Bonchev–Trinajstić information content (AvgIpc) is 2.50. The predicted molar refractivity (Wildman–Crippen MR) is 81.5 cm³/mol. The number of ether oxygens (including phenoxy) is 1. The maximum Gasteiger partial charge on any atom is 0.257 e. The number of amides is 1. The largest absolute Gasteiger partial charge is 0.497 e. The second-order valence-electron chi connectivity index (χ2n) is 4.38. The van der Waals surface area contributed by atoms with E-state index in [2.05, 4.69) is 10.6 Å². The molecule has 0 aliphatic rings. The highest BCUT2D eigenvalue weighted by atomic mass is 19.1. The van der Waals surface area contributed by atoms with Gasteiger partial charge in [0.1, 0.15) is 11.6 Å². The van der Waals surface area contributed by atoms with Crippen LogP contribution in [0.2, 0.25) is 0 Å². The van der Waals surface area contributed by atoms with E-state index in [0.717, 1.165) is 0 Å². The van der Waals surface area contributed by atoms with E-state index in [1.54, 1.807) is 18.2 Å². The molecule has 0 atom stereocenters. The Bertz CT molecular complexity index is 644. The number of nitrogens with one attached hydrogen (secondary N) is 2. The number of carbonyl (C=O) groups is 1. The predicted octanol–water partition coefficient (Wildman–Crippen LogP) is 3.52. The van der Waals surface area contributed by atoms with Crippen LogP contribution in [-0.2, 0) is 0 Å². The molecule has 0 aliphatic carbocycles. The van der Waals surface area contributed by atoms with Gasteiger partial charge in [0.25, 0.3) is 5.91 Å². The van der Waals surface area contributed by atoms with Crippen LogP contribution in [0, 0.1) is 5.82 Å². The van der Waals surface area contributed by atoms with Crippen molar-refractivity contribution in [2.75, 3.05) is 24.3 Å². The van der Waals surface area contributed by atoms with Crippen LogP contribution in [0.4, 0.5) is 15.8 Å². The highest BCUT2D eigenvalue weighted by molar-refractivity contribution is 6.08.